The van der Waals surface area contributed by atoms with E-state index in [0.29, 0.717) is 11.4 Å². The van der Waals surface area contributed by atoms with Crippen LogP contribution in [0.25, 0.3) is 0 Å². The summed E-state index contributed by atoms with van der Waals surface area (Å²) >= 11 is 0. The van der Waals surface area contributed by atoms with Crippen LogP contribution in [-0.4, -0.2) is 67.6 Å². The third-order valence-electron chi connectivity index (χ3n) is 4.77. The fraction of sp³-hybridized carbons (Fsp3) is 0.400. The normalized spacial score (nSPS) is 14.7. The molecule has 1 aliphatic heterocycles. The number of aromatic nitrogens is 1. The molecular formula is C20H26N4O3. The SMILES string of the molecule is CCN1CCN(C(=O)c2ccc(Nc3cc(OC)ccc3OC)cn2)CC1. The molecule has 0 bridgehead atoms. The molecule has 0 spiro atoms. The number of benzene rings is 1. The van der Waals surface area contributed by atoms with Crippen LogP contribution in [-0.2, 0) is 0 Å². The maximum atomic E-state index is 12.6. The molecule has 144 valence electrons. The van der Waals surface area contributed by atoms with Crippen LogP contribution in [0.1, 0.15) is 17.4 Å². The highest BCUT2D eigenvalue weighted by atomic mass is 16.5. The van der Waals surface area contributed by atoms with Crippen molar-refractivity contribution in [1.82, 2.24) is 14.8 Å². The monoisotopic (exact) mass is 370 g/mol. The minimum absolute atomic E-state index is 0.0173. The first-order valence-corrected chi connectivity index (χ1v) is 9.11. The molecule has 27 heavy (non-hydrogen) atoms. The molecular weight excluding hydrogens is 344 g/mol. The van der Waals surface area contributed by atoms with Crippen LogP contribution in [0, 0.1) is 0 Å². The maximum Gasteiger partial charge on any atom is 0.272 e. The largest absolute Gasteiger partial charge is 0.497 e. The third kappa shape index (κ3) is 4.49. The predicted molar refractivity (Wildman–Crippen MR) is 105 cm³/mol. The zero-order valence-corrected chi connectivity index (χ0v) is 16.1. The van der Waals surface area contributed by atoms with E-state index in [2.05, 4.69) is 22.1 Å². The Morgan fingerprint density at radius 3 is 2.48 bits per heavy atom. The number of likely N-dealkylation sites (N-methyl/N-ethyl adjacent to an activating group) is 1. The van der Waals surface area contributed by atoms with Gasteiger partial charge >= 0.3 is 0 Å². The highest BCUT2D eigenvalue weighted by molar-refractivity contribution is 5.92. The first-order chi connectivity index (χ1) is 13.1. The second kappa shape index (κ2) is 8.73. The smallest absolute Gasteiger partial charge is 0.272 e. The lowest BCUT2D eigenvalue weighted by Crippen LogP contribution is -2.48. The van der Waals surface area contributed by atoms with Crippen LogP contribution in [0.5, 0.6) is 11.5 Å². The molecule has 1 N–H and O–H groups in total. The number of nitrogens with one attached hydrogen (secondary N) is 1. The van der Waals surface area contributed by atoms with Gasteiger partial charge in [0.25, 0.3) is 5.91 Å². The van der Waals surface area contributed by atoms with Gasteiger partial charge in [-0.25, -0.2) is 4.98 Å². The van der Waals surface area contributed by atoms with Gasteiger partial charge in [0.05, 0.1) is 31.8 Å². The van der Waals surface area contributed by atoms with Crippen molar-refractivity contribution in [1.29, 1.82) is 0 Å². The molecule has 0 saturated carbocycles. The maximum absolute atomic E-state index is 12.6. The number of hydrogen-bond donors (Lipinski definition) is 1. The van der Waals surface area contributed by atoms with Crippen molar-refractivity contribution in [2.45, 2.75) is 6.92 Å². The molecule has 7 heteroatoms. The number of pyridine rings is 1. The van der Waals surface area contributed by atoms with Gasteiger partial charge < -0.3 is 24.6 Å². The summed E-state index contributed by atoms with van der Waals surface area (Å²) in [5.74, 6) is 1.41. The topological polar surface area (TPSA) is 66.9 Å². The Balaban J connectivity index is 1.68. The number of methoxy groups -OCH3 is 2. The van der Waals surface area contributed by atoms with Crippen molar-refractivity contribution in [3.8, 4) is 11.5 Å². The number of carbonyl (C=O) groups excluding carboxylic acids is 1. The third-order valence-corrected chi connectivity index (χ3v) is 4.77. The van der Waals surface area contributed by atoms with Crippen LogP contribution in [0.3, 0.4) is 0 Å². The van der Waals surface area contributed by atoms with Crippen molar-refractivity contribution in [2.75, 3.05) is 52.3 Å². The van der Waals surface area contributed by atoms with Gasteiger partial charge in [0.15, 0.2) is 0 Å². The predicted octanol–water partition coefficient (Wildman–Crippen LogP) is 2.62. The second-order valence-corrected chi connectivity index (χ2v) is 6.35. The zero-order chi connectivity index (χ0) is 19.2. The summed E-state index contributed by atoms with van der Waals surface area (Å²) in [5, 5.41) is 3.26. The number of nitrogens with zero attached hydrogens (tertiary/aromatic N) is 3. The van der Waals surface area contributed by atoms with E-state index in [4.69, 9.17) is 9.47 Å². The average molecular weight is 370 g/mol. The first-order valence-electron chi connectivity index (χ1n) is 9.11. The van der Waals surface area contributed by atoms with E-state index in [1.807, 2.05) is 29.2 Å². The number of hydrogen-bond acceptors (Lipinski definition) is 6. The molecule has 2 heterocycles. The molecule has 1 aromatic heterocycles. The number of piperazine rings is 1. The minimum atomic E-state index is -0.0173. The summed E-state index contributed by atoms with van der Waals surface area (Å²) in [4.78, 5) is 21.2. The van der Waals surface area contributed by atoms with Gasteiger partial charge in [-0.3, -0.25) is 4.79 Å². The Kier molecular flexibility index (Phi) is 6.13. The minimum Gasteiger partial charge on any atom is -0.497 e. The summed E-state index contributed by atoms with van der Waals surface area (Å²) in [5.41, 5.74) is 2.01. The molecule has 3 rings (SSSR count). The van der Waals surface area contributed by atoms with Crippen LogP contribution in [0.2, 0.25) is 0 Å². The molecule has 1 aromatic carbocycles. The van der Waals surface area contributed by atoms with E-state index in [0.717, 1.165) is 49.8 Å². The van der Waals surface area contributed by atoms with Crippen molar-refractivity contribution >= 4 is 17.3 Å². The number of anilines is 2. The van der Waals surface area contributed by atoms with E-state index >= 15 is 0 Å². The lowest BCUT2D eigenvalue weighted by molar-refractivity contribution is 0.0637. The van der Waals surface area contributed by atoms with Gasteiger partial charge in [-0.1, -0.05) is 6.92 Å². The second-order valence-electron chi connectivity index (χ2n) is 6.35. The van der Waals surface area contributed by atoms with Crippen molar-refractivity contribution < 1.29 is 14.3 Å². The van der Waals surface area contributed by atoms with Crippen LogP contribution < -0.4 is 14.8 Å². The molecule has 1 fully saturated rings. The fourth-order valence-corrected chi connectivity index (χ4v) is 3.09. The average Bonchev–Trinajstić information content (AvgIpc) is 2.73. The molecule has 2 aromatic rings. The lowest BCUT2D eigenvalue weighted by Gasteiger charge is -2.33. The summed E-state index contributed by atoms with van der Waals surface area (Å²) in [6.07, 6.45) is 1.66. The van der Waals surface area contributed by atoms with Crippen LogP contribution in [0.15, 0.2) is 36.5 Å². The lowest BCUT2D eigenvalue weighted by atomic mass is 10.2. The van der Waals surface area contributed by atoms with Gasteiger partial charge in [-0.15, -0.1) is 0 Å². The fourth-order valence-electron chi connectivity index (χ4n) is 3.09. The molecule has 0 unspecified atom stereocenters. The number of ether oxygens (including phenoxy) is 2. The Labute approximate surface area is 159 Å². The molecule has 1 amide bonds. The van der Waals surface area contributed by atoms with Gasteiger partial charge in [0, 0.05) is 32.2 Å². The summed E-state index contributed by atoms with van der Waals surface area (Å²) < 4.78 is 10.6. The highest BCUT2D eigenvalue weighted by Gasteiger charge is 2.22. The van der Waals surface area contributed by atoms with Crippen molar-refractivity contribution in [3.05, 3.63) is 42.2 Å². The van der Waals surface area contributed by atoms with Gasteiger partial charge in [0.1, 0.15) is 17.2 Å². The van der Waals surface area contributed by atoms with Gasteiger partial charge in [-0.05, 0) is 30.8 Å². The Hall–Kier alpha value is -2.80. The van der Waals surface area contributed by atoms with Crippen molar-refractivity contribution in [3.63, 3.8) is 0 Å². The van der Waals surface area contributed by atoms with Crippen molar-refractivity contribution in [2.24, 2.45) is 0 Å². The Morgan fingerprint density at radius 1 is 1.11 bits per heavy atom. The molecule has 0 atom stereocenters. The summed E-state index contributed by atoms with van der Waals surface area (Å²) in [7, 11) is 3.24. The summed E-state index contributed by atoms with van der Waals surface area (Å²) in [6, 6.07) is 9.13. The zero-order valence-electron chi connectivity index (χ0n) is 16.1. The number of carbonyl (C=O) groups is 1. The van der Waals surface area contributed by atoms with Gasteiger partial charge in [0.2, 0.25) is 0 Å². The molecule has 7 nitrogen and oxygen atoms in total. The molecule has 1 aliphatic rings. The molecule has 0 radical (unpaired) electrons. The standard InChI is InChI=1S/C20H26N4O3/c1-4-23-9-11-24(12-10-23)20(25)17-7-5-15(14-21-17)22-18-13-16(26-2)6-8-19(18)27-3/h5-8,13-14,22H,4,9-12H2,1-3H3. The van der Waals surface area contributed by atoms with Crippen LogP contribution in [0.4, 0.5) is 11.4 Å². The number of amides is 1. The molecule has 1 saturated heterocycles. The van der Waals surface area contributed by atoms with E-state index in [1.165, 1.54) is 0 Å². The van der Waals surface area contributed by atoms with E-state index in [9.17, 15) is 4.79 Å². The van der Waals surface area contributed by atoms with E-state index < -0.39 is 0 Å². The number of rotatable bonds is 6. The highest BCUT2D eigenvalue weighted by Crippen LogP contribution is 2.31. The quantitative estimate of drug-likeness (QED) is 0.843. The Morgan fingerprint density at radius 2 is 1.89 bits per heavy atom. The molecule has 0 aliphatic carbocycles. The summed E-state index contributed by atoms with van der Waals surface area (Å²) in [6.45, 7) is 6.48. The van der Waals surface area contributed by atoms with Gasteiger partial charge in [-0.2, -0.15) is 0 Å². The van der Waals surface area contributed by atoms with E-state index in [-0.39, 0.29) is 5.91 Å². The first kappa shape index (κ1) is 19.0. The van der Waals surface area contributed by atoms with Crippen LogP contribution >= 0.6 is 0 Å². The Bertz CT molecular complexity index is 771. The van der Waals surface area contributed by atoms with E-state index in [1.54, 1.807) is 26.5 Å².